The van der Waals surface area contributed by atoms with Crippen LogP contribution in [0.4, 0.5) is 5.69 Å². The van der Waals surface area contributed by atoms with E-state index in [4.69, 9.17) is 9.47 Å². The molecule has 1 saturated heterocycles. The number of carbonyl (C=O) groups excluding carboxylic acids is 2. The number of hydrogen-bond donors (Lipinski definition) is 0. The number of para-hydroxylation sites is 1. The number of halogens is 1. The van der Waals surface area contributed by atoms with Crippen molar-refractivity contribution in [3.63, 3.8) is 0 Å². The first-order chi connectivity index (χ1) is 22.6. The molecule has 2 amide bonds. The van der Waals surface area contributed by atoms with Crippen molar-refractivity contribution < 1.29 is 19.1 Å². The summed E-state index contributed by atoms with van der Waals surface area (Å²) < 4.78 is 12.6. The highest BCUT2D eigenvalue weighted by molar-refractivity contribution is 9.10. The third-order valence-electron chi connectivity index (χ3n) is 8.49. The molecule has 0 unspecified atom stereocenters. The Morgan fingerprint density at radius 1 is 0.739 bits per heavy atom. The molecule has 6 nitrogen and oxygen atoms in total. The Morgan fingerprint density at radius 2 is 1.22 bits per heavy atom. The minimum atomic E-state index is -1.03. The third kappa shape index (κ3) is 5.89. The van der Waals surface area contributed by atoms with Crippen LogP contribution in [0.2, 0.25) is 0 Å². The van der Waals surface area contributed by atoms with Crippen molar-refractivity contribution >= 4 is 33.4 Å². The first-order valence-corrected chi connectivity index (χ1v) is 16.0. The van der Waals surface area contributed by atoms with Gasteiger partial charge in [0.1, 0.15) is 18.2 Å². The summed E-state index contributed by atoms with van der Waals surface area (Å²) in [6.07, 6.45) is 0. The second kappa shape index (κ2) is 14.3. The van der Waals surface area contributed by atoms with Crippen LogP contribution in [-0.2, 0) is 31.2 Å². The minimum absolute atomic E-state index is 0.00990. The summed E-state index contributed by atoms with van der Waals surface area (Å²) in [5.41, 5.74) is 3.36. The lowest BCUT2D eigenvalue weighted by atomic mass is 9.70. The van der Waals surface area contributed by atoms with Gasteiger partial charge in [-0.3, -0.25) is 14.5 Å². The van der Waals surface area contributed by atoms with E-state index >= 15 is 0 Å². The van der Waals surface area contributed by atoms with Crippen molar-refractivity contribution in [2.75, 3.05) is 25.3 Å². The number of hydrogen-bond acceptors (Lipinski definition) is 4. The van der Waals surface area contributed by atoms with Crippen molar-refractivity contribution in [2.24, 2.45) is 5.92 Å². The first-order valence-electron chi connectivity index (χ1n) is 15.2. The monoisotopic (exact) mass is 674 g/mol. The van der Waals surface area contributed by atoms with Gasteiger partial charge < -0.3 is 14.4 Å². The van der Waals surface area contributed by atoms with E-state index in [0.717, 1.165) is 26.7 Å². The van der Waals surface area contributed by atoms with Crippen LogP contribution in [0.25, 0.3) is 0 Å². The Morgan fingerprint density at radius 3 is 1.72 bits per heavy atom. The predicted molar refractivity (Wildman–Crippen MR) is 183 cm³/mol. The molecule has 0 aromatic heterocycles. The molecule has 46 heavy (non-hydrogen) atoms. The highest BCUT2D eigenvalue weighted by Crippen LogP contribution is 2.49. The summed E-state index contributed by atoms with van der Waals surface area (Å²) >= 11 is 3.59. The zero-order valence-corrected chi connectivity index (χ0v) is 27.1. The summed E-state index contributed by atoms with van der Waals surface area (Å²) in [7, 11) is 1.54. The van der Waals surface area contributed by atoms with Crippen LogP contribution in [-0.4, -0.2) is 43.2 Å². The predicted octanol–water partition coefficient (Wildman–Crippen LogP) is 7.42. The van der Waals surface area contributed by atoms with Crippen molar-refractivity contribution in [3.05, 3.63) is 172 Å². The van der Waals surface area contributed by atoms with E-state index in [1.807, 2.05) is 150 Å². The Bertz CT molecular complexity index is 1660. The van der Waals surface area contributed by atoms with Crippen LogP contribution < -0.4 is 4.90 Å². The fourth-order valence-corrected chi connectivity index (χ4v) is 6.95. The average Bonchev–Trinajstić information content (AvgIpc) is 3.11. The van der Waals surface area contributed by atoms with Crippen molar-refractivity contribution in [1.29, 1.82) is 0 Å². The number of ether oxygens (including phenoxy) is 2. The van der Waals surface area contributed by atoms with E-state index in [1.54, 1.807) is 0 Å². The molecule has 0 spiro atoms. The Labute approximate surface area is 278 Å². The van der Waals surface area contributed by atoms with Gasteiger partial charge in [0.2, 0.25) is 11.8 Å². The second-order valence-corrected chi connectivity index (χ2v) is 12.1. The molecule has 1 aliphatic heterocycles. The van der Waals surface area contributed by atoms with Gasteiger partial charge in [-0.2, -0.15) is 0 Å². The molecular weight excluding hydrogens is 640 g/mol. The van der Waals surface area contributed by atoms with Crippen LogP contribution >= 0.6 is 15.9 Å². The van der Waals surface area contributed by atoms with E-state index in [0.29, 0.717) is 12.3 Å². The van der Waals surface area contributed by atoms with Gasteiger partial charge in [-0.15, -0.1) is 0 Å². The van der Waals surface area contributed by atoms with Crippen molar-refractivity contribution in [2.45, 2.75) is 18.2 Å². The van der Waals surface area contributed by atoms with E-state index in [9.17, 15) is 9.59 Å². The van der Waals surface area contributed by atoms with Gasteiger partial charge in [0, 0.05) is 11.6 Å². The number of methoxy groups -OCH3 is 1. The lowest BCUT2D eigenvalue weighted by Gasteiger charge is -2.57. The smallest absolute Gasteiger partial charge is 0.243 e. The van der Waals surface area contributed by atoms with Gasteiger partial charge in [-0.05, 0) is 50.3 Å². The molecule has 1 heterocycles. The number of β-lactam (4-membered cyclic amide) rings is 1. The number of likely N-dealkylation sites (tertiary alicyclic amines) is 1. The number of anilines is 1. The molecule has 0 bridgehead atoms. The highest BCUT2D eigenvalue weighted by atomic mass is 79.9. The van der Waals surface area contributed by atoms with E-state index in [2.05, 4.69) is 15.9 Å². The summed E-state index contributed by atoms with van der Waals surface area (Å²) in [5, 5.41) is 0. The first kappa shape index (κ1) is 31.4. The topological polar surface area (TPSA) is 59.1 Å². The highest BCUT2D eigenvalue weighted by Gasteiger charge is 2.61. The molecule has 0 aliphatic carbocycles. The van der Waals surface area contributed by atoms with Gasteiger partial charge >= 0.3 is 0 Å². The average molecular weight is 676 g/mol. The van der Waals surface area contributed by atoms with Crippen LogP contribution in [0.3, 0.4) is 0 Å². The maximum absolute atomic E-state index is 14.8. The van der Waals surface area contributed by atoms with Crippen molar-refractivity contribution in [1.82, 2.24) is 4.90 Å². The molecule has 0 N–H and O–H groups in total. The number of carbonyl (C=O) groups is 2. The standard InChI is InChI=1S/C39H35BrN2O4/c1-45-28-41(34-25-15-14-24-33(34)40)37(43)36-35(27-46-26-29-16-6-2-7-17-29)42(38(36)44)39(30-18-8-3-9-19-30,31-20-10-4-11-21-31)32-22-12-5-13-23-32/h2-25,35-36H,26-28H2,1H3/t35-,36+/m0/s1. The molecule has 0 radical (unpaired) electrons. The van der Waals surface area contributed by atoms with Gasteiger partial charge in [0.15, 0.2) is 0 Å². The molecule has 5 aromatic rings. The van der Waals surface area contributed by atoms with Crippen LogP contribution in [0, 0.1) is 5.92 Å². The van der Waals surface area contributed by atoms with Crippen LogP contribution in [0.1, 0.15) is 22.3 Å². The van der Waals surface area contributed by atoms with Gasteiger partial charge in [-0.25, -0.2) is 0 Å². The van der Waals surface area contributed by atoms with E-state index < -0.39 is 17.5 Å². The van der Waals surface area contributed by atoms with Gasteiger partial charge in [0.25, 0.3) is 0 Å². The minimum Gasteiger partial charge on any atom is -0.375 e. The molecule has 1 fully saturated rings. The molecule has 2 atom stereocenters. The fraction of sp³-hybridized carbons (Fsp3) is 0.179. The Hall–Kier alpha value is -4.56. The molecule has 0 saturated carbocycles. The van der Waals surface area contributed by atoms with E-state index in [-0.39, 0.29) is 25.2 Å². The largest absolute Gasteiger partial charge is 0.375 e. The normalized spacial score (nSPS) is 16.1. The number of nitrogens with zero attached hydrogens (tertiary/aromatic N) is 2. The summed E-state index contributed by atoms with van der Waals surface area (Å²) in [6, 6.07) is 46.8. The number of benzene rings is 5. The second-order valence-electron chi connectivity index (χ2n) is 11.2. The SMILES string of the molecule is COCN(C(=O)[C@@H]1C(=O)N(C(c2ccccc2)(c2ccccc2)c2ccccc2)[C@H]1COCc1ccccc1)c1ccccc1Br. The van der Waals surface area contributed by atoms with E-state index in [1.165, 1.54) is 12.0 Å². The maximum Gasteiger partial charge on any atom is 0.243 e. The summed E-state index contributed by atoms with van der Waals surface area (Å²) in [4.78, 5) is 32.7. The summed E-state index contributed by atoms with van der Waals surface area (Å²) in [5.74, 6) is -1.61. The number of rotatable bonds is 12. The lowest BCUT2D eigenvalue weighted by molar-refractivity contribution is -0.174. The maximum atomic E-state index is 14.8. The Kier molecular flexibility index (Phi) is 9.73. The molecule has 1 aliphatic rings. The molecule has 7 heteroatoms. The molecule has 6 rings (SSSR count). The molecule has 5 aromatic carbocycles. The van der Waals surface area contributed by atoms with Crippen LogP contribution in [0.15, 0.2) is 150 Å². The zero-order chi connectivity index (χ0) is 31.9. The van der Waals surface area contributed by atoms with Gasteiger partial charge in [-0.1, -0.05) is 133 Å². The molecule has 232 valence electrons. The zero-order valence-electron chi connectivity index (χ0n) is 25.5. The van der Waals surface area contributed by atoms with Gasteiger partial charge in [0.05, 0.1) is 24.9 Å². The lowest BCUT2D eigenvalue weighted by Crippen LogP contribution is -2.73. The van der Waals surface area contributed by atoms with Crippen molar-refractivity contribution in [3.8, 4) is 0 Å². The third-order valence-corrected chi connectivity index (χ3v) is 9.16. The summed E-state index contributed by atoms with van der Waals surface area (Å²) in [6.45, 7) is 0.493. The fourth-order valence-electron chi connectivity index (χ4n) is 6.45. The molecular formula is C39H35BrN2O4. The number of amides is 2. The van der Waals surface area contributed by atoms with Crippen LogP contribution in [0.5, 0.6) is 0 Å². The Balaban J connectivity index is 1.49. The quantitative estimate of drug-likeness (QED) is 0.0598.